The van der Waals surface area contributed by atoms with E-state index in [4.69, 9.17) is 0 Å². The molecule has 0 aromatic heterocycles. The fourth-order valence-corrected chi connectivity index (χ4v) is 4.93. The van der Waals surface area contributed by atoms with Crippen molar-refractivity contribution in [2.75, 3.05) is 19.6 Å². The Kier molecular flexibility index (Phi) is 9.73. The van der Waals surface area contributed by atoms with Gasteiger partial charge in [0, 0.05) is 30.7 Å². The van der Waals surface area contributed by atoms with Gasteiger partial charge in [-0.15, -0.1) is 12.4 Å². The molecule has 1 aliphatic heterocycles. The van der Waals surface area contributed by atoms with E-state index in [1.54, 1.807) is 12.1 Å². The standard InChI is InChI=1S/C19H31N3O3S.ClH/c1-4-12-22(13-5-2)26(24,25)18-8-6-16(7-9-18)19(23)21-17-10-11-20-15(3)14-17;/h6-9,15,17,20H,4-5,10-14H2,1-3H3,(H,21,23);1H. The van der Waals surface area contributed by atoms with E-state index in [9.17, 15) is 13.2 Å². The number of piperidine rings is 1. The summed E-state index contributed by atoms with van der Waals surface area (Å²) in [7, 11) is -3.51. The Morgan fingerprint density at radius 2 is 1.78 bits per heavy atom. The second kappa shape index (κ2) is 11.0. The number of nitrogens with one attached hydrogen (secondary N) is 2. The first-order chi connectivity index (χ1) is 12.4. The van der Waals surface area contributed by atoms with E-state index >= 15 is 0 Å². The van der Waals surface area contributed by atoms with Crippen LogP contribution in [0.2, 0.25) is 0 Å². The van der Waals surface area contributed by atoms with Crippen molar-refractivity contribution in [2.24, 2.45) is 0 Å². The molecule has 0 saturated carbocycles. The van der Waals surface area contributed by atoms with Crippen molar-refractivity contribution in [3.63, 3.8) is 0 Å². The quantitative estimate of drug-likeness (QED) is 0.681. The van der Waals surface area contributed by atoms with Gasteiger partial charge in [-0.25, -0.2) is 8.42 Å². The van der Waals surface area contributed by atoms with Gasteiger partial charge in [-0.3, -0.25) is 4.79 Å². The zero-order valence-electron chi connectivity index (χ0n) is 16.4. The second-order valence-electron chi connectivity index (χ2n) is 6.98. The average molecular weight is 418 g/mol. The van der Waals surface area contributed by atoms with E-state index in [1.807, 2.05) is 13.8 Å². The Balaban J connectivity index is 0.00000364. The van der Waals surface area contributed by atoms with Crippen molar-refractivity contribution in [2.45, 2.75) is 63.4 Å². The summed E-state index contributed by atoms with van der Waals surface area (Å²) in [6, 6.07) is 6.82. The summed E-state index contributed by atoms with van der Waals surface area (Å²) in [6.07, 6.45) is 3.36. The van der Waals surface area contributed by atoms with Crippen molar-refractivity contribution in [1.29, 1.82) is 0 Å². The van der Waals surface area contributed by atoms with Gasteiger partial charge >= 0.3 is 0 Å². The van der Waals surface area contributed by atoms with E-state index in [-0.39, 0.29) is 29.3 Å². The molecule has 0 bridgehead atoms. The lowest BCUT2D eigenvalue weighted by Gasteiger charge is -2.28. The van der Waals surface area contributed by atoms with Gasteiger partial charge in [0.25, 0.3) is 5.91 Å². The van der Waals surface area contributed by atoms with Gasteiger partial charge in [0.05, 0.1) is 4.90 Å². The second-order valence-corrected chi connectivity index (χ2v) is 8.92. The third-order valence-electron chi connectivity index (χ3n) is 4.66. The molecule has 1 amide bonds. The van der Waals surface area contributed by atoms with E-state index in [2.05, 4.69) is 17.6 Å². The molecule has 1 aromatic rings. The van der Waals surface area contributed by atoms with Crippen molar-refractivity contribution in [3.8, 4) is 0 Å². The van der Waals surface area contributed by atoms with Gasteiger partial charge in [-0.2, -0.15) is 4.31 Å². The molecule has 8 heteroatoms. The summed E-state index contributed by atoms with van der Waals surface area (Å²) in [4.78, 5) is 12.7. The first-order valence-electron chi connectivity index (χ1n) is 9.53. The molecule has 2 unspecified atom stereocenters. The minimum atomic E-state index is -3.51. The fourth-order valence-electron chi connectivity index (χ4n) is 3.31. The molecule has 2 N–H and O–H groups in total. The van der Waals surface area contributed by atoms with Gasteiger partial charge in [0.15, 0.2) is 0 Å². The van der Waals surface area contributed by atoms with Crippen LogP contribution in [-0.4, -0.2) is 50.3 Å². The SMILES string of the molecule is CCCN(CCC)S(=O)(=O)c1ccc(C(=O)NC2CCNC(C)C2)cc1.Cl. The number of nitrogens with zero attached hydrogens (tertiary/aromatic N) is 1. The number of halogens is 1. The van der Waals surface area contributed by atoms with Crippen LogP contribution in [0, 0.1) is 0 Å². The van der Waals surface area contributed by atoms with Gasteiger partial charge in [-0.1, -0.05) is 13.8 Å². The van der Waals surface area contributed by atoms with E-state index < -0.39 is 10.0 Å². The number of carbonyl (C=O) groups excluding carboxylic acids is 1. The highest BCUT2D eigenvalue weighted by Gasteiger charge is 2.24. The molecule has 2 rings (SSSR count). The first kappa shape index (κ1) is 23.9. The highest BCUT2D eigenvalue weighted by molar-refractivity contribution is 7.89. The summed E-state index contributed by atoms with van der Waals surface area (Å²) in [5.41, 5.74) is 0.493. The van der Waals surface area contributed by atoms with Crippen molar-refractivity contribution < 1.29 is 13.2 Å². The summed E-state index contributed by atoms with van der Waals surface area (Å²) >= 11 is 0. The number of carbonyl (C=O) groups is 1. The van der Waals surface area contributed by atoms with Crippen LogP contribution in [0.3, 0.4) is 0 Å². The van der Waals surface area contributed by atoms with Gasteiger partial charge in [0.2, 0.25) is 10.0 Å². The molecule has 154 valence electrons. The number of sulfonamides is 1. The monoisotopic (exact) mass is 417 g/mol. The Labute approximate surface area is 169 Å². The molecule has 1 saturated heterocycles. The van der Waals surface area contributed by atoms with Crippen LogP contribution in [0.5, 0.6) is 0 Å². The van der Waals surface area contributed by atoms with E-state index in [0.29, 0.717) is 24.7 Å². The minimum Gasteiger partial charge on any atom is -0.349 e. The largest absolute Gasteiger partial charge is 0.349 e. The third kappa shape index (κ3) is 6.45. The lowest BCUT2D eigenvalue weighted by Crippen LogP contribution is -2.46. The third-order valence-corrected chi connectivity index (χ3v) is 6.57. The maximum Gasteiger partial charge on any atom is 0.251 e. The van der Waals surface area contributed by atoms with Crippen LogP contribution in [0.15, 0.2) is 29.2 Å². The van der Waals surface area contributed by atoms with Crippen LogP contribution in [-0.2, 0) is 10.0 Å². The Morgan fingerprint density at radius 3 is 2.30 bits per heavy atom. The Bertz CT molecular complexity index is 689. The zero-order valence-corrected chi connectivity index (χ0v) is 18.0. The van der Waals surface area contributed by atoms with Gasteiger partial charge < -0.3 is 10.6 Å². The maximum absolute atomic E-state index is 12.8. The number of hydrogen-bond donors (Lipinski definition) is 2. The van der Waals surface area contributed by atoms with Crippen LogP contribution in [0.4, 0.5) is 0 Å². The molecule has 1 heterocycles. The smallest absolute Gasteiger partial charge is 0.251 e. The molecule has 2 atom stereocenters. The average Bonchev–Trinajstić information content (AvgIpc) is 2.61. The molecule has 6 nitrogen and oxygen atoms in total. The predicted molar refractivity (Wildman–Crippen MR) is 111 cm³/mol. The molecule has 27 heavy (non-hydrogen) atoms. The zero-order chi connectivity index (χ0) is 19.2. The van der Waals surface area contributed by atoms with Crippen molar-refractivity contribution in [3.05, 3.63) is 29.8 Å². The molecule has 1 aliphatic rings. The summed E-state index contributed by atoms with van der Waals surface area (Å²) < 4.78 is 27.0. The summed E-state index contributed by atoms with van der Waals surface area (Å²) in [5, 5.41) is 6.41. The van der Waals surface area contributed by atoms with Crippen LogP contribution in [0.1, 0.15) is 56.8 Å². The molecule has 1 aromatic carbocycles. The first-order valence-corrected chi connectivity index (χ1v) is 11.0. The minimum absolute atomic E-state index is 0. The molecule has 0 radical (unpaired) electrons. The van der Waals surface area contributed by atoms with Crippen molar-refractivity contribution in [1.82, 2.24) is 14.9 Å². The van der Waals surface area contributed by atoms with Gasteiger partial charge in [0.1, 0.15) is 0 Å². The predicted octanol–water partition coefficient (Wildman–Crippen LogP) is 2.79. The number of benzene rings is 1. The maximum atomic E-state index is 12.8. The normalized spacial score (nSPS) is 20.1. The topological polar surface area (TPSA) is 78.5 Å². The fraction of sp³-hybridized carbons (Fsp3) is 0.632. The Hall–Kier alpha value is -1.15. The number of amides is 1. The van der Waals surface area contributed by atoms with Crippen LogP contribution in [0.25, 0.3) is 0 Å². The highest BCUT2D eigenvalue weighted by Crippen LogP contribution is 2.18. The summed E-state index contributed by atoms with van der Waals surface area (Å²) in [6.45, 7) is 7.95. The summed E-state index contributed by atoms with van der Waals surface area (Å²) in [5.74, 6) is -0.146. The molecule has 1 fully saturated rings. The van der Waals surface area contributed by atoms with E-state index in [1.165, 1.54) is 16.4 Å². The van der Waals surface area contributed by atoms with Crippen LogP contribution >= 0.6 is 12.4 Å². The highest BCUT2D eigenvalue weighted by atomic mass is 35.5. The van der Waals surface area contributed by atoms with E-state index in [0.717, 1.165) is 32.2 Å². The molecular formula is C19H32ClN3O3S. The molecule has 0 spiro atoms. The number of rotatable bonds is 8. The number of hydrogen-bond acceptors (Lipinski definition) is 4. The molecule has 0 aliphatic carbocycles. The Morgan fingerprint density at radius 1 is 1.19 bits per heavy atom. The van der Waals surface area contributed by atoms with Crippen molar-refractivity contribution >= 4 is 28.3 Å². The lowest BCUT2D eigenvalue weighted by molar-refractivity contribution is 0.0925. The lowest BCUT2D eigenvalue weighted by atomic mass is 10.0. The molecular weight excluding hydrogens is 386 g/mol. The van der Waals surface area contributed by atoms with Gasteiger partial charge in [-0.05, 0) is 63.4 Å². The van der Waals surface area contributed by atoms with Crippen LogP contribution < -0.4 is 10.6 Å².